The molecule has 1 amide bonds. The van der Waals surface area contributed by atoms with Crippen LogP contribution in [0.15, 0.2) is 41.3 Å². The first-order valence-electron chi connectivity index (χ1n) is 8.65. The number of carbonyl (C=O) groups excluding carboxylic acids is 1. The highest BCUT2D eigenvalue weighted by molar-refractivity contribution is 7.92. The molecule has 160 valence electrons. The smallest absolute Gasteiger partial charge is 0.306 e. The molecule has 2 aromatic carbocycles. The van der Waals surface area contributed by atoms with Gasteiger partial charge in [0.05, 0.1) is 27.2 Å². The van der Waals surface area contributed by atoms with Gasteiger partial charge in [-0.2, -0.15) is 0 Å². The summed E-state index contributed by atoms with van der Waals surface area (Å²) in [5.41, 5.74) is -1.74. The van der Waals surface area contributed by atoms with Crippen LogP contribution in [0.25, 0.3) is 0 Å². The molecule has 11 heteroatoms. The number of amides is 1. The number of hydrogen-bond donors (Lipinski definition) is 3. The summed E-state index contributed by atoms with van der Waals surface area (Å²) in [6.07, 6.45) is -1.13. The third-order valence-corrected chi connectivity index (χ3v) is 7.42. The number of hydrogen-bond acceptors (Lipinski definition) is 5. The first kappa shape index (κ1) is 22.1. The van der Waals surface area contributed by atoms with Crippen LogP contribution in [0.2, 0.25) is 5.02 Å². The van der Waals surface area contributed by atoms with Gasteiger partial charge < -0.3 is 15.5 Å². The van der Waals surface area contributed by atoms with Gasteiger partial charge in [0.25, 0.3) is 5.91 Å². The number of carboxylic acids is 1. The Hall–Kier alpha value is -2.56. The highest BCUT2D eigenvalue weighted by Crippen LogP contribution is 2.43. The van der Waals surface area contributed by atoms with Crippen LogP contribution in [0.1, 0.15) is 29.6 Å². The van der Waals surface area contributed by atoms with Gasteiger partial charge in [0.1, 0.15) is 0 Å². The standard InChI is InChI=1S/C19H16ClF2NO6S/c20-13-3-1-10(18(26)23-11-2-4-14(21)15(22)6-11)5-16(13)30(28,29)12-7-19(27,8-12)9-17(24)25/h1-6,12,27H,7-9H2,(H,23,26)(H,24,25). The van der Waals surface area contributed by atoms with Crippen LogP contribution < -0.4 is 5.32 Å². The fraction of sp³-hybridized carbons (Fsp3) is 0.263. The summed E-state index contributed by atoms with van der Waals surface area (Å²) in [7, 11) is -4.06. The van der Waals surface area contributed by atoms with Crippen LogP contribution in [0, 0.1) is 11.6 Å². The lowest BCUT2D eigenvalue weighted by atomic mass is 9.77. The van der Waals surface area contributed by atoms with Crippen molar-refractivity contribution in [2.24, 2.45) is 0 Å². The highest BCUT2D eigenvalue weighted by Gasteiger charge is 2.50. The van der Waals surface area contributed by atoms with E-state index in [9.17, 15) is 31.9 Å². The fourth-order valence-corrected chi connectivity index (χ4v) is 5.74. The molecule has 1 fully saturated rings. The number of nitrogens with one attached hydrogen (secondary N) is 1. The van der Waals surface area contributed by atoms with Crippen LogP contribution in [0.3, 0.4) is 0 Å². The van der Waals surface area contributed by atoms with Gasteiger partial charge in [0, 0.05) is 17.3 Å². The minimum absolute atomic E-state index is 0.0315. The lowest BCUT2D eigenvalue weighted by Crippen LogP contribution is -2.51. The van der Waals surface area contributed by atoms with Crippen LogP contribution in [0.4, 0.5) is 14.5 Å². The number of halogens is 3. The summed E-state index contributed by atoms with van der Waals surface area (Å²) in [6.45, 7) is 0. The van der Waals surface area contributed by atoms with E-state index >= 15 is 0 Å². The van der Waals surface area contributed by atoms with Crippen molar-refractivity contribution in [3.05, 3.63) is 58.6 Å². The molecule has 0 aliphatic heterocycles. The number of aliphatic carboxylic acids is 1. The number of sulfone groups is 1. The normalized spacial score (nSPS) is 21.0. The predicted octanol–water partition coefficient (Wildman–Crippen LogP) is 3.01. The van der Waals surface area contributed by atoms with Crippen molar-refractivity contribution in [2.75, 3.05) is 5.32 Å². The summed E-state index contributed by atoms with van der Waals surface area (Å²) in [5.74, 6) is -4.27. The Labute approximate surface area is 175 Å². The van der Waals surface area contributed by atoms with E-state index in [0.29, 0.717) is 0 Å². The van der Waals surface area contributed by atoms with Gasteiger partial charge >= 0.3 is 5.97 Å². The van der Waals surface area contributed by atoms with E-state index in [4.69, 9.17) is 16.7 Å². The van der Waals surface area contributed by atoms with Crippen molar-refractivity contribution in [2.45, 2.75) is 35.0 Å². The first-order chi connectivity index (χ1) is 13.9. The molecular weight excluding hydrogens is 444 g/mol. The second-order valence-corrected chi connectivity index (χ2v) is 9.70. The molecule has 1 saturated carbocycles. The van der Waals surface area contributed by atoms with Gasteiger partial charge in [-0.3, -0.25) is 9.59 Å². The number of anilines is 1. The Bertz CT molecular complexity index is 1130. The third-order valence-electron chi connectivity index (χ3n) is 4.81. The molecule has 0 unspecified atom stereocenters. The largest absolute Gasteiger partial charge is 0.481 e. The average Bonchev–Trinajstić information content (AvgIpc) is 2.62. The Kier molecular flexibility index (Phi) is 5.85. The number of carboxylic acid groups (broad SMARTS) is 1. The zero-order chi connectivity index (χ0) is 22.3. The van der Waals surface area contributed by atoms with E-state index in [1.165, 1.54) is 12.1 Å². The van der Waals surface area contributed by atoms with Crippen LogP contribution in [-0.4, -0.2) is 41.4 Å². The van der Waals surface area contributed by atoms with Crippen LogP contribution in [0.5, 0.6) is 0 Å². The zero-order valence-electron chi connectivity index (χ0n) is 15.2. The topological polar surface area (TPSA) is 121 Å². The lowest BCUT2D eigenvalue weighted by Gasteiger charge is -2.42. The molecule has 7 nitrogen and oxygen atoms in total. The molecule has 0 atom stereocenters. The molecule has 0 heterocycles. The Morgan fingerprint density at radius 1 is 1.13 bits per heavy atom. The molecule has 2 aromatic rings. The van der Waals surface area contributed by atoms with Crippen molar-refractivity contribution < 1.29 is 37.0 Å². The summed E-state index contributed by atoms with van der Waals surface area (Å²) >= 11 is 6.01. The number of aliphatic hydroxyl groups is 1. The van der Waals surface area contributed by atoms with Crippen LogP contribution in [-0.2, 0) is 14.6 Å². The summed E-state index contributed by atoms with van der Waals surface area (Å²) < 4.78 is 52.0. The molecule has 0 radical (unpaired) electrons. The predicted molar refractivity (Wildman–Crippen MR) is 103 cm³/mol. The Balaban J connectivity index is 1.82. The quantitative estimate of drug-likeness (QED) is 0.610. The molecule has 0 saturated heterocycles. The SMILES string of the molecule is O=C(O)CC1(O)CC(S(=O)(=O)c2cc(C(=O)Nc3ccc(F)c(F)c3)ccc2Cl)C1. The molecule has 1 aliphatic rings. The molecule has 3 rings (SSSR count). The molecule has 1 aliphatic carbocycles. The van der Waals surface area contributed by atoms with E-state index < -0.39 is 50.6 Å². The maximum atomic E-state index is 13.3. The van der Waals surface area contributed by atoms with Crippen molar-refractivity contribution in [1.82, 2.24) is 0 Å². The first-order valence-corrected chi connectivity index (χ1v) is 10.6. The van der Waals surface area contributed by atoms with Gasteiger partial charge in [-0.15, -0.1) is 0 Å². The number of carbonyl (C=O) groups is 2. The molecule has 30 heavy (non-hydrogen) atoms. The molecule has 0 bridgehead atoms. The highest BCUT2D eigenvalue weighted by atomic mass is 35.5. The van der Waals surface area contributed by atoms with Gasteiger partial charge in [0.2, 0.25) is 0 Å². The average molecular weight is 460 g/mol. The summed E-state index contributed by atoms with van der Waals surface area (Å²) in [5, 5.41) is 20.0. The van der Waals surface area contributed by atoms with E-state index in [0.717, 1.165) is 24.3 Å². The van der Waals surface area contributed by atoms with Crippen molar-refractivity contribution in [3.63, 3.8) is 0 Å². The van der Waals surface area contributed by atoms with Crippen molar-refractivity contribution in [1.29, 1.82) is 0 Å². The van der Waals surface area contributed by atoms with E-state index in [1.807, 2.05) is 0 Å². The van der Waals surface area contributed by atoms with Gasteiger partial charge in [0.15, 0.2) is 21.5 Å². The fourth-order valence-electron chi connectivity index (χ4n) is 3.25. The lowest BCUT2D eigenvalue weighted by molar-refractivity contribution is -0.146. The zero-order valence-corrected chi connectivity index (χ0v) is 16.8. The maximum absolute atomic E-state index is 13.3. The minimum Gasteiger partial charge on any atom is -0.481 e. The Morgan fingerprint density at radius 2 is 1.80 bits per heavy atom. The molecule has 3 N–H and O–H groups in total. The van der Waals surface area contributed by atoms with Gasteiger partial charge in [-0.25, -0.2) is 17.2 Å². The maximum Gasteiger partial charge on any atom is 0.306 e. The summed E-state index contributed by atoms with van der Waals surface area (Å²) in [6, 6.07) is 6.26. The summed E-state index contributed by atoms with van der Waals surface area (Å²) in [4.78, 5) is 22.8. The number of rotatable bonds is 6. The molecule has 0 spiro atoms. The third kappa shape index (κ3) is 4.45. The van der Waals surface area contributed by atoms with Gasteiger partial charge in [-0.1, -0.05) is 11.6 Å². The second kappa shape index (κ2) is 7.93. The molecule has 0 aromatic heterocycles. The second-order valence-electron chi connectivity index (χ2n) is 7.10. The van der Waals surface area contributed by atoms with Gasteiger partial charge in [-0.05, 0) is 43.2 Å². The van der Waals surface area contributed by atoms with Crippen molar-refractivity contribution >= 4 is 39.0 Å². The van der Waals surface area contributed by atoms with Crippen LogP contribution >= 0.6 is 11.6 Å². The monoisotopic (exact) mass is 459 g/mol. The number of benzene rings is 2. The van der Waals surface area contributed by atoms with E-state index in [-0.39, 0.29) is 34.0 Å². The van der Waals surface area contributed by atoms with Crippen molar-refractivity contribution in [3.8, 4) is 0 Å². The Morgan fingerprint density at radius 3 is 2.40 bits per heavy atom. The van der Waals surface area contributed by atoms with E-state index in [2.05, 4.69) is 5.32 Å². The van der Waals surface area contributed by atoms with E-state index in [1.54, 1.807) is 0 Å². The minimum atomic E-state index is -4.06. The molecular formula is C19H16ClF2NO6S.